The van der Waals surface area contributed by atoms with Gasteiger partial charge in [-0.1, -0.05) is 66.7 Å². The number of carboxylic acid groups (broad SMARTS) is 1. The summed E-state index contributed by atoms with van der Waals surface area (Å²) in [6.07, 6.45) is -0.592. The largest absolute Gasteiger partial charge is 1.00 e. The van der Waals surface area contributed by atoms with Crippen LogP contribution in [0.4, 0.5) is 16.2 Å². The van der Waals surface area contributed by atoms with Crippen LogP contribution in [0.15, 0.2) is 114 Å². The fourth-order valence-electron chi connectivity index (χ4n) is 5.92. The lowest BCUT2D eigenvalue weighted by atomic mass is 9.93. The molecule has 1 amide bonds. The predicted octanol–water partition coefficient (Wildman–Crippen LogP) is 5.18. The number of carbonyl (C=O) groups excluding carboxylic acids is 1. The molecule has 0 saturated heterocycles. The third kappa shape index (κ3) is 4.90. The van der Waals surface area contributed by atoms with E-state index in [0.717, 1.165) is 22.3 Å². The molecule has 7 nitrogen and oxygen atoms in total. The average molecular weight is 589 g/mol. The molecule has 0 aliphatic heterocycles. The number of nitrogens with one attached hydrogen (secondary N) is 1. The van der Waals surface area contributed by atoms with Crippen molar-refractivity contribution in [2.24, 2.45) is 0 Å². The molecule has 1 aromatic heterocycles. The van der Waals surface area contributed by atoms with Crippen LogP contribution in [0.3, 0.4) is 0 Å². The third-order valence-electron chi connectivity index (χ3n) is 7.76. The van der Waals surface area contributed by atoms with E-state index in [1.165, 1.54) is 0 Å². The summed E-state index contributed by atoms with van der Waals surface area (Å²) in [5, 5.41) is 14.1. The van der Waals surface area contributed by atoms with Crippen LogP contribution < -0.4 is 23.5 Å². The summed E-state index contributed by atoms with van der Waals surface area (Å²) in [7, 11) is 0. The zero-order chi connectivity index (χ0) is 28.8. The van der Waals surface area contributed by atoms with Gasteiger partial charge in [-0.3, -0.25) is 5.32 Å². The Kier molecular flexibility index (Phi) is 7.17. The molecule has 0 unspecified atom stereocenters. The van der Waals surface area contributed by atoms with Crippen molar-refractivity contribution in [1.29, 1.82) is 0 Å². The number of benzene rings is 5. The van der Waals surface area contributed by atoms with Crippen LogP contribution in [0, 0.1) is 0 Å². The van der Waals surface area contributed by atoms with E-state index in [4.69, 9.17) is 14.9 Å². The molecule has 1 heterocycles. The van der Waals surface area contributed by atoms with Crippen LogP contribution in [0.2, 0.25) is 0 Å². The van der Waals surface area contributed by atoms with Gasteiger partial charge in [-0.05, 0) is 58.1 Å². The molecule has 1 aliphatic carbocycles. The number of anilines is 2. The molecular formula is C35H25ClN2O5. The molecule has 43 heavy (non-hydrogen) atoms. The third-order valence-corrected chi connectivity index (χ3v) is 7.76. The molecule has 6 aromatic rings. The molecule has 0 atom stereocenters. The smallest absolute Gasteiger partial charge is 0.411 e. The predicted molar refractivity (Wildman–Crippen MR) is 164 cm³/mol. The zero-order valence-corrected chi connectivity index (χ0v) is 23.5. The van der Waals surface area contributed by atoms with E-state index in [1.54, 1.807) is 60.7 Å². The topological polar surface area (TPSA) is 113 Å². The molecule has 0 radical (unpaired) electrons. The highest BCUT2D eigenvalue weighted by molar-refractivity contribution is 6.13. The van der Waals surface area contributed by atoms with Gasteiger partial charge in [-0.15, -0.1) is 0 Å². The summed E-state index contributed by atoms with van der Waals surface area (Å²) in [6, 6.07) is 33.6. The minimum Gasteiger partial charge on any atom is -1.00 e. The summed E-state index contributed by atoms with van der Waals surface area (Å²) in [5.41, 5.74) is 14.1. The van der Waals surface area contributed by atoms with Crippen molar-refractivity contribution < 1.29 is 36.3 Å². The molecule has 1 aliphatic rings. The number of rotatable bonds is 5. The number of hydrogen-bond donors (Lipinski definition) is 3. The first-order valence-corrected chi connectivity index (χ1v) is 13.5. The van der Waals surface area contributed by atoms with Crippen LogP contribution in [0.25, 0.3) is 44.2 Å². The number of carboxylic acids is 1. The highest BCUT2D eigenvalue weighted by Crippen LogP contribution is 2.45. The first kappa shape index (κ1) is 27.8. The number of hydrogen-bond acceptors (Lipinski definition) is 4. The Morgan fingerprint density at radius 3 is 2.02 bits per heavy atom. The molecule has 212 valence electrons. The Balaban J connectivity index is 0.00000329. The summed E-state index contributed by atoms with van der Waals surface area (Å²) >= 11 is 0. The molecule has 0 saturated carbocycles. The Labute approximate surface area is 252 Å². The van der Waals surface area contributed by atoms with Gasteiger partial charge >= 0.3 is 23.2 Å². The van der Waals surface area contributed by atoms with Gasteiger partial charge in [0.25, 0.3) is 0 Å². The van der Waals surface area contributed by atoms with E-state index in [9.17, 15) is 14.7 Å². The Morgan fingerprint density at radius 1 is 0.767 bits per heavy atom. The molecule has 0 spiro atoms. The maximum absolute atomic E-state index is 13.0. The van der Waals surface area contributed by atoms with Gasteiger partial charge < -0.3 is 28.0 Å². The summed E-state index contributed by atoms with van der Waals surface area (Å²) in [6.45, 7) is 0.184. The van der Waals surface area contributed by atoms with Crippen molar-refractivity contribution in [2.45, 2.75) is 5.92 Å². The standard InChI is InChI=1S/C35H24N2O5.ClH/c36-20-13-15-31-28(17-20)33(26-11-5-6-12-27(26)34(38)39)29-18-21(14-16-32(29)42-31)37-35(40)41-19-30-24-9-3-1-7-22(24)23-8-2-4-10-25(23)30;/h1-18,30H,19,36H2,(H-,37,38,39,40);1H. The van der Waals surface area contributed by atoms with Crippen LogP contribution in [-0.4, -0.2) is 23.8 Å². The normalized spacial score (nSPS) is 11.9. The van der Waals surface area contributed by atoms with Gasteiger partial charge in [0.15, 0.2) is 0 Å². The van der Waals surface area contributed by atoms with E-state index in [2.05, 4.69) is 29.6 Å². The van der Waals surface area contributed by atoms with Gasteiger partial charge in [0.05, 0.1) is 16.3 Å². The van der Waals surface area contributed by atoms with Crippen molar-refractivity contribution in [3.63, 3.8) is 0 Å². The minimum absolute atomic E-state index is 0. The van der Waals surface area contributed by atoms with Crippen LogP contribution in [-0.2, 0) is 4.74 Å². The molecule has 7 rings (SSSR count). The summed E-state index contributed by atoms with van der Waals surface area (Å²) in [5.74, 6) is -1.11. The zero-order valence-electron chi connectivity index (χ0n) is 22.7. The molecule has 4 N–H and O–H groups in total. The Morgan fingerprint density at radius 2 is 1.35 bits per heavy atom. The highest BCUT2D eigenvalue weighted by Gasteiger charge is 2.29. The quantitative estimate of drug-likeness (QED) is 0.145. The number of nitrogens with two attached hydrogens (primary N) is 1. The van der Waals surface area contributed by atoms with Crippen molar-refractivity contribution >= 4 is 45.4 Å². The maximum atomic E-state index is 13.0. The van der Waals surface area contributed by atoms with Gasteiger partial charge in [0.1, 0.15) is 6.61 Å². The Bertz CT molecular complexity index is 2010. The lowest BCUT2D eigenvalue weighted by molar-refractivity contribution is -0.0000292. The molecular weight excluding hydrogens is 564 g/mol. The van der Waals surface area contributed by atoms with Gasteiger partial charge in [0.2, 0.25) is 0 Å². The van der Waals surface area contributed by atoms with Crippen molar-refractivity contribution in [2.75, 3.05) is 17.7 Å². The highest BCUT2D eigenvalue weighted by atomic mass is 35.5. The average Bonchev–Trinajstić information content (AvgIpc) is 3.32. The van der Waals surface area contributed by atoms with Crippen LogP contribution in [0.5, 0.6) is 0 Å². The van der Waals surface area contributed by atoms with E-state index in [-0.39, 0.29) is 30.5 Å². The monoisotopic (exact) mass is 588 g/mol. The minimum atomic E-state index is -1.05. The van der Waals surface area contributed by atoms with Crippen molar-refractivity contribution in [3.05, 3.63) is 126 Å². The van der Waals surface area contributed by atoms with Gasteiger partial charge in [-0.25, -0.2) is 14.0 Å². The number of halogens is 1. The van der Waals surface area contributed by atoms with E-state index in [1.807, 2.05) is 24.3 Å². The number of aromatic carboxylic acids is 1. The second-order valence-electron chi connectivity index (χ2n) is 10.2. The number of ether oxygens (including phenoxy) is 1. The molecule has 0 bridgehead atoms. The first-order chi connectivity index (χ1) is 20.5. The molecule has 5 aromatic carbocycles. The van der Waals surface area contributed by atoms with Gasteiger partial charge in [0, 0.05) is 35.0 Å². The first-order valence-electron chi connectivity index (χ1n) is 13.5. The van der Waals surface area contributed by atoms with Crippen molar-refractivity contribution in [1.82, 2.24) is 0 Å². The number of fused-ring (bicyclic) bond motifs is 5. The molecule has 8 heteroatoms. The van der Waals surface area contributed by atoms with E-state index >= 15 is 0 Å². The lowest BCUT2D eigenvalue weighted by Crippen LogP contribution is -3.00. The summed E-state index contributed by atoms with van der Waals surface area (Å²) in [4.78, 5) is 25.2. The SMILES string of the molecule is Nc1ccc2[o+]c3ccc(NC(=O)OCC4c5ccccc5-c5ccccc54)cc3c(-c3ccccc3C(=O)O)c2c1.[Cl-]. The van der Waals surface area contributed by atoms with E-state index < -0.39 is 12.1 Å². The summed E-state index contributed by atoms with van der Waals surface area (Å²) < 4.78 is 11.9. The maximum Gasteiger partial charge on any atom is 0.411 e. The van der Waals surface area contributed by atoms with E-state index in [0.29, 0.717) is 44.4 Å². The number of amides is 1. The number of carbonyl (C=O) groups is 2. The van der Waals surface area contributed by atoms with Crippen molar-refractivity contribution in [3.8, 4) is 22.3 Å². The fourth-order valence-corrected chi connectivity index (χ4v) is 5.92. The van der Waals surface area contributed by atoms with Gasteiger partial charge in [-0.2, -0.15) is 0 Å². The Hall–Kier alpha value is -5.40. The fraction of sp³-hybridized carbons (Fsp3) is 0.0571. The lowest BCUT2D eigenvalue weighted by Gasteiger charge is -2.15. The number of nitrogen functional groups attached to an aromatic ring is 1. The van der Waals surface area contributed by atoms with Crippen LogP contribution in [0.1, 0.15) is 27.4 Å². The second-order valence-corrected chi connectivity index (χ2v) is 10.2. The van der Waals surface area contributed by atoms with Crippen LogP contribution >= 0.6 is 0 Å². The molecule has 0 fully saturated rings. The second kappa shape index (κ2) is 11.1.